The summed E-state index contributed by atoms with van der Waals surface area (Å²) >= 11 is 1.42. The van der Waals surface area contributed by atoms with Gasteiger partial charge >= 0.3 is 0 Å². The quantitative estimate of drug-likeness (QED) is 0.624. The summed E-state index contributed by atoms with van der Waals surface area (Å²) in [6.07, 6.45) is 3.73. The zero-order valence-electron chi connectivity index (χ0n) is 17.6. The van der Waals surface area contributed by atoms with E-state index in [0.29, 0.717) is 29.5 Å². The van der Waals surface area contributed by atoms with Crippen LogP contribution in [0.5, 0.6) is 11.5 Å². The molecule has 0 bridgehead atoms. The van der Waals surface area contributed by atoms with Crippen molar-refractivity contribution in [2.45, 2.75) is 6.92 Å². The molecule has 0 saturated carbocycles. The normalized spacial score (nSPS) is 14.1. The van der Waals surface area contributed by atoms with Gasteiger partial charge in [-0.05, 0) is 25.1 Å². The number of benzene rings is 1. The molecule has 9 heteroatoms. The summed E-state index contributed by atoms with van der Waals surface area (Å²) in [6, 6.07) is 5.67. The molecule has 1 aliphatic rings. The maximum Gasteiger partial charge on any atom is 0.265 e. The van der Waals surface area contributed by atoms with Crippen LogP contribution in [-0.2, 0) is 7.05 Å². The average Bonchev–Trinajstić information content (AvgIpc) is 3.38. The van der Waals surface area contributed by atoms with Crippen LogP contribution in [0.15, 0.2) is 30.6 Å². The van der Waals surface area contributed by atoms with Crippen LogP contribution in [0.2, 0.25) is 0 Å². The summed E-state index contributed by atoms with van der Waals surface area (Å²) in [6.45, 7) is 4.73. The number of hydrogen-bond donors (Lipinski definition) is 0. The lowest BCUT2D eigenvalue weighted by Crippen LogP contribution is -2.49. The van der Waals surface area contributed by atoms with Crippen LogP contribution in [0.1, 0.15) is 15.4 Å². The number of ether oxygens (including phenoxy) is 2. The number of aromatic nitrogens is 3. The minimum atomic E-state index is 0.0382. The maximum atomic E-state index is 13.2. The summed E-state index contributed by atoms with van der Waals surface area (Å²) in [4.78, 5) is 27.0. The van der Waals surface area contributed by atoms with Crippen molar-refractivity contribution in [1.29, 1.82) is 0 Å². The third-order valence-corrected chi connectivity index (χ3v) is 6.46. The van der Waals surface area contributed by atoms with Crippen molar-refractivity contribution in [3.05, 3.63) is 41.2 Å². The van der Waals surface area contributed by atoms with Gasteiger partial charge in [0.05, 0.1) is 19.9 Å². The first-order valence-electron chi connectivity index (χ1n) is 9.73. The second-order valence-electron chi connectivity index (χ2n) is 7.12. The zero-order chi connectivity index (χ0) is 21.3. The molecule has 158 valence electrons. The smallest absolute Gasteiger partial charge is 0.265 e. The minimum Gasteiger partial charge on any atom is -0.493 e. The van der Waals surface area contributed by atoms with E-state index in [1.807, 2.05) is 47.8 Å². The number of rotatable bonds is 5. The molecule has 1 saturated heterocycles. The molecule has 3 heterocycles. The average molecular weight is 428 g/mol. The Kier molecular flexibility index (Phi) is 5.63. The molecule has 30 heavy (non-hydrogen) atoms. The zero-order valence-corrected chi connectivity index (χ0v) is 18.4. The fourth-order valence-electron chi connectivity index (χ4n) is 3.60. The molecule has 0 radical (unpaired) electrons. The van der Waals surface area contributed by atoms with Crippen molar-refractivity contribution >= 4 is 23.2 Å². The number of nitrogens with zero attached hydrogens (tertiary/aromatic N) is 5. The number of anilines is 1. The number of imidazole rings is 1. The molecule has 2 aromatic heterocycles. The van der Waals surface area contributed by atoms with E-state index in [4.69, 9.17) is 9.47 Å². The van der Waals surface area contributed by atoms with Crippen LogP contribution in [0.3, 0.4) is 0 Å². The fraction of sp³-hybridized carbons (Fsp3) is 0.381. The van der Waals surface area contributed by atoms with E-state index in [2.05, 4.69) is 14.9 Å². The number of methoxy groups -OCH3 is 2. The lowest BCUT2D eigenvalue weighted by Gasteiger charge is -2.35. The van der Waals surface area contributed by atoms with Gasteiger partial charge < -0.3 is 23.8 Å². The van der Waals surface area contributed by atoms with Gasteiger partial charge in [0.1, 0.15) is 9.88 Å². The number of piperazine rings is 1. The van der Waals surface area contributed by atoms with E-state index >= 15 is 0 Å². The SMILES string of the molecule is COc1ccc(-c2nc(C)c(C(=O)N3CCN(c4nccn4C)CC3)s2)cc1OC. The topological polar surface area (TPSA) is 72.7 Å². The van der Waals surface area contributed by atoms with E-state index in [1.165, 1.54) is 11.3 Å². The standard InChI is InChI=1S/C21H25N5O3S/c1-14-18(30-19(23-14)15-5-6-16(28-3)17(13-15)29-4)20(27)25-9-11-26(12-10-25)21-22-7-8-24(21)2/h5-8,13H,9-12H2,1-4H3. The Hall–Kier alpha value is -3.07. The molecule has 0 unspecified atom stereocenters. The number of hydrogen-bond acceptors (Lipinski definition) is 7. The van der Waals surface area contributed by atoms with Crippen molar-refractivity contribution in [3.8, 4) is 22.1 Å². The molecular formula is C21H25N5O3S. The number of thiazole rings is 1. The van der Waals surface area contributed by atoms with Gasteiger partial charge in [-0.3, -0.25) is 4.79 Å². The highest BCUT2D eigenvalue weighted by Crippen LogP contribution is 2.35. The summed E-state index contributed by atoms with van der Waals surface area (Å²) in [5.74, 6) is 2.28. The van der Waals surface area contributed by atoms with E-state index in [9.17, 15) is 4.79 Å². The second kappa shape index (κ2) is 8.35. The Morgan fingerprint density at radius 3 is 2.47 bits per heavy atom. The summed E-state index contributed by atoms with van der Waals surface area (Å²) < 4.78 is 12.7. The molecule has 3 aromatic rings. The molecule has 1 amide bonds. The lowest BCUT2D eigenvalue weighted by molar-refractivity contribution is 0.0750. The molecule has 4 rings (SSSR count). The largest absolute Gasteiger partial charge is 0.493 e. The number of carbonyl (C=O) groups excluding carboxylic acids is 1. The van der Waals surface area contributed by atoms with Gasteiger partial charge in [-0.15, -0.1) is 11.3 Å². The molecule has 1 aromatic carbocycles. The van der Waals surface area contributed by atoms with E-state index in [-0.39, 0.29) is 5.91 Å². The molecule has 8 nitrogen and oxygen atoms in total. The van der Waals surface area contributed by atoms with E-state index in [1.54, 1.807) is 20.4 Å². The van der Waals surface area contributed by atoms with E-state index < -0.39 is 0 Å². The molecular weight excluding hydrogens is 402 g/mol. The molecule has 0 N–H and O–H groups in total. The van der Waals surface area contributed by atoms with Gasteiger partial charge in [0.2, 0.25) is 5.95 Å². The Balaban J connectivity index is 1.50. The first-order chi connectivity index (χ1) is 14.5. The van der Waals surface area contributed by atoms with Crippen molar-refractivity contribution in [3.63, 3.8) is 0 Å². The molecule has 0 aliphatic carbocycles. The van der Waals surface area contributed by atoms with Crippen LogP contribution in [0.25, 0.3) is 10.6 Å². The summed E-state index contributed by atoms with van der Waals surface area (Å²) in [5, 5.41) is 0.795. The van der Waals surface area contributed by atoms with Crippen molar-refractivity contribution in [1.82, 2.24) is 19.4 Å². The van der Waals surface area contributed by atoms with Gasteiger partial charge in [-0.2, -0.15) is 0 Å². The van der Waals surface area contributed by atoms with Crippen LogP contribution < -0.4 is 14.4 Å². The van der Waals surface area contributed by atoms with Gasteiger partial charge in [0.25, 0.3) is 5.91 Å². The highest BCUT2D eigenvalue weighted by molar-refractivity contribution is 7.17. The van der Waals surface area contributed by atoms with Gasteiger partial charge in [0, 0.05) is 51.2 Å². The Morgan fingerprint density at radius 1 is 1.10 bits per heavy atom. The van der Waals surface area contributed by atoms with Gasteiger partial charge in [-0.1, -0.05) is 0 Å². The van der Waals surface area contributed by atoms with Gasteiger partial charge in [-0.25, -0.2) is 9.97 Å². The Morgan fingerprint density at radius 2 is 1.83 bits per heavy atom. The molecule has 1 fully saturated rings. The second-order valence-corrected chi connectivity index (χ2v) is 8.12. The summed E-state index contributed by atoms with van der Waals surface area (Å²) in [5.41, 5.74) is 1.65. The number of aryl methyl sites for hydroxylation is 2. The predicted molar refractivity (Wildman–Crippen MR) is 117 cm³/mol. The maximum absolute atomic E-state index is 13.2. The van der Waals surface area contributed by atoms with Gasteiger partial charge in [0.15, 0.2) is 11.5 Å². The summed E-state index contributed by atoms with van der Waals surface area (Å²) in [7, 11) is 5.19. The van der Waals surface area contributed by atoms with Crippen molar-refractivity contribution in [2.75, 3.05) is 45.3 Å². The Labute approximate surface area is 179 Å². The number of amides is 1. The monoisotopic (exact) mass is 427 g/mol. The molecule has 0 atom stereocenters. The van der Waals surface area contributed by atoms with Crippen LogP contribution >= 0.6 is 11.3 Å². The van der Waals surface area contributed by atoms with Crippen molar-refractivity contribution in [2.24, 2.45) is 7.05 Å². The van der Waals surface area contributed by atoms with E-state index in [0.717, 1.165) is 35.3 Å². The third-order valence-electron chi connectivity index (χ3n) is 5.27. The molecule has 1 aliphatic heterocycles. The third kappa shape index (κ3) is 3.72. The van der Waals surface area contributed by atoms with Crippen LogP contribution in [-0.4, -0.2) is 65.7 Å². The Bertz CT molecular complexity index is 1050. The van der Waals surface area contributed by atoms with Crippen molar-refractivity contribution < 1.29 is 14.3 Å². The number of carbonyl (C=O) groups is 1. The lowest BCUT2D eigenvalue weighted by atomic mass is 10.2. The predicted octanol–water partition coefficient (Wildman–Crippen LogP) is 2.83. The highest BCUT2D eigenvalue weighted by Gasteiger charge is 2.27. The first kappa shape index (κ1) is 20.2. The fourth-order valence-corrected chi connectivity index (χ4v) is 4.63. The highest BCUT2D eigenvalue weighted by atomic mass is 32.1. The molecule has 0 spiro atoms. The minimum absolute atomic E-state index is 0.0382. The van der Waals surface area contributed by atoms with Crippen LogP contribution in [0.4, 0.5) is 5.95 Å². The van der Waals surface area contributed by atoms with Crippen LogP contribution in [0, 0.1) is 6.92 Å². The first-order valence-corrected chi connectivity index (χ1v) is 10.5.